The van der Waals surface area contributed by atoms with Gasteiger partial charge in [-0.15, -0.1) is 0 Å². The second kappa shape index (κ2) is 11.6. The Labute approximate surface area is 182 Å². The van der Waals surface area contributed by atoms with Gasteiger partial charge < -0.3 is 15.2 Å². The molecule has 0 saturated carbocycles. The number of ether oxygens (including phenoxy) is 1. The van der Waals surface area contributed by atoms with Crippen LogP contribution < -0.4 is 10.1 Å². The number of hydrogen-bond donors (Lipinski definition) is 2. The molecule has 1 atom stereocenters. The van der Waals surface area contributed by atoms with Crippen LogP contribution in [0.15, 0.2) is 91.0 Å². The van der Waals surface area contributed by atoms with Gasteiger partial charge in [0, 0.05) is 25.3 Å². The Balaban J connectivity index is 1.51. The van der Waals surface area contributed by atoms with Crippen molar-refractivity contribution in [3.05, 3.63) is 102 Å². The Morgan fingerprint density at radius 1 is 0.774 bits per heavy atom. The molecule has 0 heterocycles. The van der Waals surface area contributed by atoms with Crippen LogP contribution in [0, 0.1) is 0 Å². The number of carbonyl (C=O) groups is 2. The fourth-order valence-electron chi connectivity index (χ4n) is 3.50. The lowest BCUT2D eigenvalue weighted by atomic mass is 9.88. The molecule has 31 heavy (non-hydrogen) atoms. The maximum absolute atomic E-state index is 12.3. The third-order valence-electron chi connectivity index (χ3n) is 5.09. The molecule has 3 aromatic carbocycles. The van der Waals surface area contributed by atoms with Gasteiger partial charge in [0.25, 0.3) is 0 Å². The number of nitrogens with one attached hydrogen (secondary N) is 1. The average molecular weight is 418 g/mol. The van der Waals surface area contributed by atoms with E-state index in [0.717, 1.165) is 6.42 Å². The Morgan fingerprint density at radius 2 is 1.29 bits per heavy atom. The van der Waals surface area contributed by atoms with Crippen LogP contribution >= 0.6 is 0 Å². The van der Waals surface area contributed by atoms with E-state index in [1.54, 1.807) is 24.3 Å². The van der Waals surface area contributed by atoms with Crippen molar-refractivity contribution in [3.63, 3.8) is 0 Å². The molecule has 5 nitrogen and oxygen atoms in total. The van der Waals surface area contributed by atoms with Crippen molar-refractivity contribution in [1.82, 2.24) is 5.32 Å². The van der Waals surface area contributed by atoms with E-state index in [1.807, 2.05) is 42.5 Å². The number of amides is 1. The first kappa shape index (κ1) is 22.1. The maximum Gasteiger partial charge on any atom is 0.344 e. The molecule has 0 fully saturated rings. The zero-order valence-electron chi connectivity index (χ0n) is 17.3. The predicted molar refractivity (Wildman–Crippen MR) is 120 cm³/mol. The molecular formula is C26H27NO4. The molecule has 5 heteroatoms. The summed E-state index contributed by atoms with van der Waals surface area (Å²) in [5, 5.41) is 12.3. The highest BCUT2D eigenvalue weighted by atomic mass is 16.5. The Hall–Kier alpha value is -3.60. The Bertz CT molecular complexity index is 905. The van der Waals surface area contributed by atoms with Crippen LogP contribution in [0.2, 0.25) is 0 Å². The van der Waals surface area contributed by atoms with Gasteiger partial charge in [0.2, 0.25) is 5.91 Å². The van der Waals surface area contributed by atoms with Crippen LogP contribution in [0.3, 0.4) is 0 Å². The molecule has 0 aliphatic rings. The first-order valence-corrected chi connectivity index (χ1v) is 10.4. The number of carbonyl (C=O) groups excluding carboxylic acids is 1. The van der Waals surface area contributed by atoms with Crippen LogP contribution in [0.25, 0.3) is 0 Å². The summed E-state index contributed by atoms with van der Waals surface area (Å²) in [6, 6.07) is 29.2. The predicted octanol–water partition coefficient (Wildman–Crippen LogP) is 4.64. The molecule has 1 unspecified atom stereocenters. The van der Waals surface area contributed by atoms with E-state index in [2.05, 4.69) is 29.6 Å². The summed E-state index contributed by atoms with van der Waals surface area (Å²) in [6.45, 7) is 0.505. The highest BCUT2D eigenvalue weighted by Gasteiger charge is 2.21. The van der Waals surface area contributed by atoms with Crippen molar-refractivity contribution in [3.8, 4) is 5.75 Å². The first-order chi connectivity index (χ1) is 15.1. The van der Waals surface area contributed by atoms with Crippen molar-refractivity contribution in [2.45, 2.75) is 31.3 Å². The lowest BCUT2D eigenvalue weighted by Crippen LogP contribution is -2.31. The molecule has 2 N–H and O–H groups in total. The number of rotatable bonds is 11. The molecule has 0 spiro atoms. The number of benzene rings is 3. The van der Waals surface area contributed by atoms with Gasteiger partial charge in [-0.25, -0.2) is 4.79 Å². The van der Waals surface area contributed by atoms with Crippen molar-refractivity contribution >= 4 is 11.9 Å². The van der Waals surface area contributed by atoms with Gasteiger partial charge in [-0.3, -0.25) is 4.79 Å². The van der Waals surface area contributed by atoms with Gasteiger partial charge in [0.15, 0.2) is 6.10 Å². The highest BCUT2D eigenvalue weighted by molar-refractivity contribution is 5.78. The molecule has 0 aliphatic carbocycles. The second-order valence-corrected chi connectivity index (χ2v) is 7.31. The van der Waals surface area contributed by atoms with Crippen molar-refractivity contribution in [2.75, 3.05) is 6.54 Å². The Kier molecular flexibility index (Phi) is 8.23. The summed E-state index contributed by atoms with van der Waals surface area (Å²) in [5.41, 5.74) is 2.40. The summed E-state index contributed by atoms with van der Waals surface area (Å²) < 4.78 is 5.51. The molecule has 160 valence electrons. The van der Waals surface area contributed by atoms with Crippen LogP contribution in [0.5, 0.6) is 5.75 Å². The largest absolute Gasteiger partial charge is 0.479 e. The van der Waals surface area contributed by atoms with Crippen LogP contribution in [0.1, 0.15) is 36.3 Å². The van der Waals surface area contributed by atoms with E-state index in [9.17, 15) is 14.7 Å². The summed E-state index contributed by atoms with van der Waals surface area (Å²) in [6.07, 6.45) is -0.112. The zero-order valence-corrected chi connectivity index (χ0v) is 17.3. The van der Waals surface area contributed by atoms with Crippen molar-refractivity contribution in [2.24, 2.45) is 0 Å². The summed E-state index contributed by atoms with van der Waals surface area (Å²) in [5.74, 6) is -0.604. The molecule has 3 rings (SSSR count). The maximum atomic E-state index is 12.3. The topological polar surface area (TPSA) is 75.6 Å². The molecule has 0 saturated heterocycles. The minimum absolute atomic E-state index is 0.0884. The van der Waals surface area contributed by atoms with E-state index in [4.69, 9.17) is 4.74 Å². The molecule has 0 radical (unpaired) electrons. The minimum atomic E-state index is -1.08. The van der Waals surface area contributed by atoms with Crippen molar-refractivity contribution < 1.29 is 19.4 Å². The lowest BCUT2D eigenvalue weighted by molar-refractivity contribution is -0.145. The number of hydrogen-bond acceptors (Lipinski definition) is 3. The molecule has 0 aliphatic heterocycles. The fourth-order valence-corrected chi connectivity index (χ4v) is 3.50. The summed E-state index contributed by atoms with van der Waals surface area (Å²) in [4.78, 5) is 23.8. The highest BCUT2D eigenvalue weighted by Crippen LogP contribution is 2.27. The fraction of sp³-hybridized carbons (Fsp3) is 0.231. The van der Waals surface area contributed by atoms with Gasteiger partial charge in [-0.05, 0) is 29.7 Å². The van der Waals surface area contributed by atoms with E-state index < -0.39 is 12.1 Å². The van der Waals surface area contributed by atoms with Crippen LogP contribution in [-0.2, 0) is 9.59 Å². The van der Waals surface area contributed by atoms with Gasteiger partial charge in [0.05, 0.1) is 0 Å². The van der Waals surface area contributed by atoms with E-state index in [0.29, 0.717) is 12.3 Å². The average Bonchev–Trinajstić information content (AvgIpc) is 2.81. The first-order valence-electron chi connectivity index (χ1n) is 10.4. The van der Waals surface area contributed by atoms with Crippen LogP contribution in [0.4, 0.5) is 0 Å². The van der Waals surface area contributed by atoms with Gasteiger partial charge >= 0.3 is 5.97 Å². The molecule has 3 aromatic rings. The normalized spacial score (nSPS) is 11.6. The quantitative estimate of drug-likeness (QED) is 0.477. The molecular weight excluding hydrogens is 390 g/mol. The molecule has 1 amide bonds. The number of carboxylic acids is 1. The molecule has 0 bridgehead atoms. The summed E-state index contributed by atoms with van der Waals surface area (Å²) in [7, 11) is 0. The minimum Gasteiger partial charge on any atom is -0.479 e. The van der Waals surface area contributed by atoms with Crippen LogP contribution in [-0.4, -0.2) is 29.6 Å². The van der Waals surface area contributed by atoms with Gasteiger partial charge in [-0.2, -0.15) is 0 Å². The van der Waals surface area contributed by atoms with E-state index in [1.165, 1.54) is 11.1 Å². The summed E-state index contributed by atoms with van der Waals surface area (Å²) >= 11 is 0. The number of para-hydroxylation sites is 1. The lowest BCUT2D eigenvalue weighted by Gasteiger charge is -2.19. The van der Waals surface area contributed by atoms with Gasteiger partial charge in [0.1, 0.15) is 5.75 Å². The number of carboxylic acid groups (broad SMARTS) is 1. The van der Waals surface area contributed by atoms with Gasteiger partial charge in [-0.1, -0.05) is 78.9 Å². The van der Waals surface area contributed by atoms with E-state index >= 15 is 0 Å². The number of aliphatic carboxylic acids is 1. The monoisotopic (exact) mass is 417 g/mol. The van der Waals surface area contributed by atoms with E-state index in [-0.39, 0.29) is 24.7 Å². The Morgan fingerprint density at radius 3 is 1.81 bits per heavy atom. The second-order valence-electron chi connectivity index (χ2n) is 7.31. The smallest absolute Gasteiger partial charge is 0.344 e. The standard InChI is InChI=1S/C26H27NO4/c28-25(17-16-24(26(29)30)31-22-14-8-3-9-15-22)27-19-18-23(20-10-4-1-5-11-20)21-12-6-2-7-13-21/h1-15,23-24H,16-19H2,(H,27,28)(H,29,30). The molecule has 0 aromatic heterocycles. The zero-order chi connectivity index (χ0) is 21.9. The van der Waals surface area contributed by atoms with Crippen molar-refractivity contribution in [1.29, 1.82) is 0 Å². The third kappa shape index (κ3) is 7.00. The third-order valence-corrected chi connectivity index (χ3v) is 5.09. The SMILES string of the molecule is O=C(CCC(Oc1ccccc1)C(=O)O)NCCC(c1ccccc1)c1ccccc1.